The molecule has 9 heteroatoms. The van der Waals surface area contributed by atoms with Crippen LogP contribution in [0.3, 0.4) is 0 Å². The van der Waals surface area contributed by atoms with Gasteiger partial charge in [0.15, 0.2) is 11.5 Å². The number of fused-ring (bicyclic) bond motifs is 1. The highest BCUT2D eigenvalue weighted by Crippen LogP contribution is 2.35. The van der Waals surface area contributed by atoms with E-state index in [1.54, 1.807) is 22.5 Å². The number of rotatable bonds is 7. The quantitative estimate of drug-likeness (QED) is 0.600. The van der Waals surface area contributed by atoms with Crippen molar-refractivity contribution in [2.45, 2.75) is 13.3 Å². The number of ether oxygens (including phenoxy) is 3. The van der Waals surface area contributed by atoms with Crippen LogP contribution in [0.1, 0.15) is 12.0 Å². The average Bonchev–Trinajstić information content (AvgIpc) is 3.21. The molecule has 162 valence electrons. The molecule has 0 atom stereocenters. The van der Waals surface area contributed by atoms with Crippen molar-refractivity contribution < 1.29 is 22.6 Å². The van der Waals surface area contributed by atoms with Crippen molar-refractivity contribution >= 4 is 27.3 Å². The molecular formula is C21H25ClN2O5S. The zero-order chi connectivity index (χ0) is 21.1. The third-order valence-corrected chi connectivity index (χ3v) is 7.49. The molecule has 2 aliphatic heterocycles. The molecule has 1 fully saturated rings. The molecule has 2 aliphatic rings. The van der Waals surface area contributed by atoms with Gasteiger partial charge in [0.05, 0.1) is 12.4 Å². The molecule has 0 radical (unpaired) electrons. The topological polar surface area (TPSA) is 68.3 Å². The molecular weight excluding hydrogens is 428 g/mol. The lowest BCUT2D eigenvalue weighted by molar-refractivity contribution is 0.173. The maximum atomic E-state index is 12.7. The second kappa shape index (κ2) is 8.91. The summed E-state index contributed by atoms with van der Waals surface area (Å²) in [6.07, 6.45) is 0.421. The Balaban J connectivity index is 1.25. The summed E-state index contributed by atoms with van der Waals surface area (Å²) < 4.78 is 43.2. The van der Waals surface area contributed by atoms with E-state index in [1.165, 1.54) is 0 Å². The number of nitrogens with zero attached hydrogens (tertiary/aromatic N) is 2. The minimum Gasteiger partial charge on any atom is -0.493 e. The summed E-state index contributed by atoms with van der Waals surface area (Å²) in [6.45, 7) is 4.80. The van der Waals surface area contributed by atoms with Crippen molar-refractivity contribution in [2.75, 3.05) is 50.2 Å². The van der Waals surface area contributed by atoms with Crippen molar-refractivity contribution in [2.24, 2.45) is 0 Å². The maximum absolute atomic E-state index is 12.7. The van der Waals surface area contributed by atoms with Gasteiger partial charge in [-0.15, -0.1) is 0 Å². The first-order valence-corrected chi connectivity index (χ1v) is 11.9. The van der Waals surface area contributed by atoms with E-state index in [4.69, 9.17) is 25.8 Å². The monoisotopic (exact) mass is 452 g/mol. The lowest BCUT2D eigenvalue weighted by Gasteiger charge is -2.36. The molecule has 7 nitrogen and oxygen atoms in total. The summed E-state index contributed by atoms with van der Waals surface area (Å²) >= 11 is 6.12. The van der Waals surface area contributed by atoms with Gasteiger partial charge in [0, 0.05) is 43.0 Å². The Kier molecular flexibility index (Phi) is 6.26. The number of hydrogen-bond acceptors (Lipinski definition) is 6. The summed E-state index contributed by atoms with van der Waals surface area (Å²) in [6, 6.07) is 11.1. The fourth-order valence-corrected chi connectivity index (χ4v) is 5.28. The van der Waals surface area contributed by atoms with Crippen LogP contribution in [0, 0.1) is 6.92 Å². The second-order valence-corrected chi connectivity index (χ2v) is 9.87. The molecule has 0 bridgehead atoms. The third kappa shape index (κ3) is 4.77. The van der Waals surface area contributed by atoms with Gasteiger partial charge in [0.1, 0.15) is 5.75 Å². The number of hydrogen-bond donors (Lipinski definition) is 0. The van der Waals surface area contributed by atoms with Crippen molar-refractivity contribution in [1.82, 2.24) is 4.31 Å². The van der Waals surface area contributed by atoms with Gasteiger partial charge in [0.2, 0.25) is 16.8 Å². The van der Waals surface area contributed by atoms with Gasteiger partial charge in [-0.2, -0.15) is 4.31 Å². The van der Waals surface area contributed by atoms with Gasteiger partial charge in [-0.1, -0.05) is 17.7 Å². The molecule has 0 N–H and O–H groups in total. The van der Waals surface area contributed by atoms with Crippen LogP contribution in [-0.2, 0) is 10.0 Å². The van der Waals surface area contributed by atoms with Crippen molar-refractivity contribution in [3.8, 4) is 17.2 Å². The molecule has 4 rings (SSSR count). The lowest BCUT2D eigenvalue weighted by atomic mass is 10.1. The standard InChI is InChI=1S/C21H25ClN2O5S/c1-16-3-4-17(22)13-19(16)23-7-9-24(10-8-23)30(25,26)12-2-11-27-18-5-6-20-21(14-18)29-15-28-20/h3-6,13-14H,2,7-12,15H2,1H3. The van der Waals surface area contributed by atoms with Crippen LogP contribution in [0.4, 0.5) is 5.69 Å². The molecule has 2 aromatic carbocycles. The fourth-order valence-electron chi connectivity index (χ4n) is 3.66. The molecule has 0 aromatic heterocycles. The highest BCUT2D eigenvalue weighted by Gasteiger charge is 2.27. The minimum absolute atomic E-state index is 0.0632. The van der Waals surface area contributed by atoms with Gasteiger partial charge in [-0.3, -0.25) is 0 Å². The van der Waals surface area contributed by atoms with Gasteiger partial charge in [-0.05, 0) is 43.2 Å². The molecule has 30 heavy (non-hydrogen) atoms. The summed E-state index contributed by atoms with van der Waals surface area (Å²) in [5, 5.41) is 0.688. The molecule has 0 aliphatic carbocycles. The molecule has 2 aromatic rings. The van der Waals surface area contributed by atoms with E-state index in [9.17, 15) is 8.42 Å². The molecule has 0 unspecified atom stereocenters. The number of anilines is 1. The van der Waals surface area contributed by atoms with Crippen molar-refractivity contribution in [1.29, 1.82) is 0 Å². The SMILES string of the molecule is Cc1ccc(Cl)cc1N1CCN(S(=O)(=O)CCCOc2ccc3c(c2)OCO3)CC1. The largest absolute Gasteiger partial charge is 0.493 e. The van der Waals surface area contributed by atoms with Crippen LogP contribution >= 0.6 is 11.6 Å². The highest BCUT2D eigenvalue weighted by atomic mass is 35.5. The predicted molar refractivity (Wildman–Crippen MR) is 116 cm³/mol. The van der Waals surface area contributed by atoms with Gasteiger partial charge in [0.25, 0.3) is 0 Å². The summed E-state index contributed by atoms with van der Waals surface area (Å²) in [7, 11) is -3.32. The van der Waals surface area contributed by atoms with Crippen LogP contribution in [-0.4, -0.2) is 58.1 Å². The zero-order valence-corrected chi connectivity index (χ0v) is 18.4. The molecule has 0 saturated carbocycles. The van der Waals surface area contributed by atoms with Gasteiger partial charge >= 0.3 is 0 Å². The number of halogens is 1. The Hall–Kier alpha value is -2.16. The summed E-state index contributed by atoms with van der Waals surface area (Å²) in [5.41, 5.74) is 2.20. The first kappa shape index (κ1) is 21.1. The highest BCUT2D eigenvalue weighted by molar-refractivity contribution is 7.89. The van der Waals surface area contributed by atoms with Gasteiger partial charge < -0.3 is 19.1 Å². The molecule has 0 spiro atoms. The van der Waals surface area contributed by atoms with E-state index < -0.39 is 10.0 Å². The lowest BCUT2D eigenvalue weighted by Crippen LogP contribution is -2.49. The molecule has 2 heterocycles. The number of aryl methyl sites for hydroxylation is 1. The number of piperazine rings is 1. The Morgan fingerprint density at radius 1 is 1.03 bits per heavy atom. The van der Waals surface area contributed by atoms with E-state index in [0.717, 1.165) is 11.3 Å². The normalized spacial score (nSPS) is 16.7. The fraction of sp³-hybridized carbons (Fsp3) is 0.429. The molecule has 0 amide bonds. The first-order valence-electron chi connectivity index (χ1n) is 9.94. The number of sulfonamides is 1. The zero-order valence-electron chi connectivity index (χ0n) is 16.8. The van der Waals surface area contributed by atoms with Gasteiger partial charge in [-0.25, -0.2) is 8.42 Å². The van der Waals surface area contributed by atoms with E-state index in [-0.39, 0.29) is 12.5 Å². The van der Waals surface area contributed by atoms with Crippen molar-refractivity contribution in [3.05, 3.63) is 47.0 Å². The Labute approximate surface area is 182 Å². The number of benzene rings is 2. The van der Waals surface area contributed by atoms with E-state index in [2.05, 4.69) is 4.90 Å². The van der Waals surface area contributed by atoms with E-state index >= 15 is 0 Å². The Morgan fingerprint density at radius 3 is 2.60 bits per heavy atom. The summed E-state index contributed by atoms with van der Waals surface area (Å²) in [4.78, 5) is 2.19. The smallest absolute Gasteiger partial charge is 0.231 e. The molecule has 1 saturated heterocycles. The van der Waals surface area contributed by atoms with Crippen LogP contribution < -0.4 is 19.1 Å². The van der Waals surface area contributed by atoms with E-state index in [0.29, 0.717) is 61.5 Å². The van der Waals surface area contributed by atoms with Crippen LogP contribution in [0.25, 0.3) is 0 Å². The van der Waals surface area contributed by atoms with Crippen LogP contribution in [0.5, 0.6) is 17.2 Å². The van der Waals surface area contributed by atoms with Crippen LogP contribution in [0.15, 0.2) is 36.4 Å². The van der Waals surface area contributed by atoms with E-state index in [1.807, 2.05) is 25.1 Å². The maximum Gasteiger partial charge on any atom is 0.231 e. The summed E-state index contributed by atoms with van der Waals surface area (Å²) in [5.74, 6) is 2.04. The Bertz CT molecular complexity index is 1010. The second-order valence-electron chi connectivity index (χ2n) is 7.35. The van der Waals surface area contributed by atoms with Crippen LogP contribution in [0.2, 0.25) is 5.02 Å². The predicted octanol–water partition coefficient (Wildman–Crippen LogP) is 3.30. The minimum atomic E-state index is -3.32. The first-order chi connectivity index (χ1) is 14.4. The third-order valence-electron chi connectivity index (χ3n) is 5.30. The van der Waals surface area contributed by atoms with Crippen molar-refractivity contribution in [3.63, 3.8) is 0 Å². The Morgan fingerprint density at radius 2 is 1.80 bits per heavy atom. The average molecular weight is 453 g/mol.